The molecule has 2 aromatic rings. The van der Waals surface area contributed by atoms with E-state index in [1.165, 1.54) is 13.2 Å². The average molecular weight is 263 g/mol. The van der Waals surface area contributed by atoms with Crippen molar-refractivity contribution in [2.75, 3.05) is 7.11 Å². The molecular formula is C13H17N3O3. The summed E-state index contributed by atoms with van der Waals surface area (Å²) in [5.74, 6) is 1.34. The largest absolute Gasteiger partial charge is 0.504 e. The molecule has 0 saturated heterocycles. The van der Waals surface area contributed by atoms with E-state index in [9.17, 15) is 5.11 Å². The highest BCUT2D eigenvalue weighted by Crippen LogP contribution is 2.30. The highest BCUT2D eigenvalue weighted by atomic mass is 16.5. The van der Waals surface area contributed by atoms with Gasteiger partial charge in [-0.25, -0.2) is 0 Å². The number of phenols is 1. The van der Waals surface area contributed by atoms with Crippen molar-refractivity contribution in [2.24, 2.45) is 0 Å². The summed E-state index contributed by atoms with van der Waals surface area (Å²) in [5.41, 5.74) is 0.654. The molecule has 2 N–H and O–H groups in total. The minimum Gasteiger partial charge on any atom is -0.504 e. The summed E-state index contributed by atoms with van der Waals surface area (Å²) >= 11 is 0. The van der Waals surface area contributed by atoms with E-state index < -0.39 is 0 Å². The van der Waals surface area contributed by atoms with Gasteiger partial charge in [0, 0.05) is 11.6 Å². The van der Waals surface area contributed by atoms with Crippen LogP contribution in [0.2, 0.25) is 0 Å². The summed E-state index contributed by atoms with van der Waals surface area (Å²) in [7, 11) is 1.50. The van der Waals surface area contributed by atoms with Crippen LogP contribution in [-0.4, -0.2) is 28.5 Å². The van der Waals surface area contributed by atoms with Gasteiger partial charge in [-0.3, -0.25) is 0 Å². The maximum Gasteiger partial charge on any atom is 0.247 e. The fraction of sp³-hybridized carbons (Fsp3) is 0.385. The predicted octanol–water partition coefficient (Wildman–Crippen LogP) is 1.95. The molecule has 102 valence electrons. The van der Waals surface area contributed by atoms with E-state index >= 15 is 0 Å². The van der Waals surface area contributed by atoms with Gasteiger partial charge in [0.15, 0.2) is 11.5 Å². The third-order valence-corrected chi connectivity index (χ3v) is 2.55. The second kappa shape index (κ2) is 5.71. The molecule has 0 amide bonds. The highest BCUT2D eigenvalue weighted by molar-refractivity contribution is 5.59. The Kier molecular flexibility index (Phi) is 4.01. The number of hydrogen-bond donors (Lipinski definition) is 2. The molecule has 1 aromatic heterocycles. The number of ether oxygens (including phenoxy) is 1. The molecule has 0 spiro atoms. The summed E-state index contributed by atoms with van der Waals surface area (Å²) in [6, 6.07) is 5.29. The molecule has 0 aliphatic heterocycles. The molecule has 0 bridgehead atoms. The lowest BCUT2D eigenvalue weighted by molar-refractivity contribution is 0.373. The van der Waals surface area contributed by atoms with Crippen molar-refractivity contribution in [2.45, 2.75) is 26.4 Å². The average Bonchev–Trinajstić information content (AvgIpc) is 2.85. The minimum atomic E-state index is 0.0417. The molecule has 0 saturated carbocycles. The van der Waals surface area contributed by atoms with Crippen LogP contribution >= 0.6 is 0 Å². The van der Waals surface area contributed by atoms with Crippen LogP contribution < -0.4 is 10.1 Å². The van der Waals surface area contributed by atoms with Gasteiger partial charge in [0.2, 0.25) is 11.8 Å². The van der Waals surface area contributed by atoms with Crippen LogP contribution in [0.1, 0.15) is 19.7 Å². The monoisotopic (exact) mass is 263 g/mol. The maximum absolute atomic E-state index is 9.71. The Morgan fingerprint density at radius 2 is 2.16 bits per heavy atom. The van der Waals surface area contributed by atoms with Gasteiger partial charge in [0.25, 0.3) is 0 Å². The summed E-state index contributed by atoms with van der Waals surface area (Å²) in [6.45, 7) is 4.60. The third-order valence-electron chi connectivity index (χ3n) is 2.55. The fourth-order valence-corrected chi connectivity index (χ4v) is 1.56. The predicted molar refractivity (Wildman–Crippen MR) is 69.9 cm³/mol. The van der Waals surface area contributed by atoms with Gasteiger partial charge < -0.3 is 19.6 Å². The number of nitrogens with zero attached hydrogens (tertiary/aromatic N) is 2. The maximum atomic E-state index is 9.71. The Balaban J connectivity index is 2.16. The summed E-state index contributed by atoms with van der Waals surface area (Å²) < 4.78 is 10.5. The second-order valence-electron chi connectivity index (χ2n) is 4.42. The second-order valence-corrected chi connectivity index (χ2v) is 4.42. The zero-order valence-electron chi connectivity index (χ0n) is 11.2. The van der Waals surface area contributed by atoms with Gasteiger partial charge in [-0.1, -0.05) is 13.8 Å². The topological polar surface area (TPSA) is 80.4 Å². The highest BCUT2D eigenvalue weighted by Gasteiger charge is 2.11. The standard InChI is InChI=1S/C13H17N3O3/c1-8(2)14-7-12-15-16-13(19-12)9-4-5-11(18-3)10(17)6-9/h4-6,8,14,17H,7H2,1-3H3. The van der Waals surface area contributed by atoms with Crippen molar-refractivity contribution in [3.63, 3.8) is 0 Å². The molecule has 0 unspecified atom stereocenters. The molecule has 0 radical (unpaired) electrons. The molecule has 6 nitrogen and oxygen atoms in total. The molecule has 1 heterocycles. The normalized spacial score (nSPS) is 10.9. The first-order valence-corrected chi connectivity index (χ1v) is 6.03. The van der Waals surface area contributed by atoms with Crippen LogP contribution in [-0.2, 0) is 6.54 Å². The number of aromatic nitrogens is 2. The number of rotatable bonds is 5. The van der Waals surface area contributed by atoms with Gasteiger partial charge in [-0.05, 0) is 18.2 Å². The zero-order chi connectivity index (χ0) is 13.8. The van der Waals surface area contributed by atoms with Gasteiger partial charge in [-0.2, -0.15) is 0 Å². The van der Waals surface area contributed by atoms with Crippen molar-refractivity contribution >= 4 is 0 Å². The molecule has 6 heteroatoms. The van der Waals surface area contributed by atoms with Crippen LogP contribution in [0.5, 0.6) is 11.5 Å². The first-order valence-electron chi connectivity index (χ1n) is 6.03. The van der Waals surface area contributed by atoms with Crippen LogP contribution in [0.15, 0.2) is 22.6 Å². The smallest absolute Gasteiger partial charge is 0.247 e. The first-order chi connectivity index (χ1) is 9.10. The Morgan fingerprint density at radius 1 is 1.37 bits per heavy atom. The number of phenolic OH excluding ortho intramolecular Hbond substituents is 1. The molecule has 1 aromatic carbocycles. The lowest BCUT2D eigenvalue weighted by atomic mass is 10.2. The van der Waals surface area contributed by atoms with Gasteiger partial charge >= 0.3 is 0 Å². The van der Waals surface area contributed by atoms with Crippen molar-refractivity contribution in [3.05, 3.63) is 24.1 Å². The Hall–Kier alpha value is -2.08. The van der Waals surface area contributed by atoms with Crippen molar-refractivity contribution in [1.29, 1.82) is 0 Å². The van der Waals surface area contributed by atoms with Crippen LogP contribution in [0.25, 0.3) is 11.5 Å². The van der Waals surface area contributed by atoms with Gasteiger partial charge in [-0.15, -0.1) is 10.2 Å². The van der Waals surface area contributed by atoms with E-state index in [2.05, 4.69) is 15.5 Å². The Bertz CT molecular complexity index is 552. The Morgan fingerprint density at radius 3 is 2.79 bits per heavy atom. The van der Waals surface area contributed by atoms with Crippen molar-refractivity contribution in [3.8, 4) is 23.0 Å². The number of methoxy groups -OCH3 is 1. The van der Waals surface area contributed by atoms with Crippen molar-refractivity contribution in [1.82, 2.24) is 15.5 Å². The van der Waals surface area contributed by atoms with Crippen molar-refractivity contribution < 1.29 is 14.3 Å². The van der Waals surface area contributed by atoms with Crippen LogP contribution in [0.3, 0.4) is 0 Å². The molecule has 2 rings (SSSR count). The Labute approximate surface area is 111 Å². The zero-order valence-corrected chi connectivity index (χ0v) is 11.2. The molecule has 0 atom stereocenters. The number of nitrogens with one attached hydrogen (secondary N) is 1. The minimum absolute atomic E-state index is 0.0417. The summed E-state index contributed by atoms with van der Waals surface area (Å²) in [5, 5.41) is 20.8. The molecule has 0 aliphatic rings. The number of aromatic hydroxyl groups is 1. The summed E-state index contributed by atoms with van der Waals surface area (Å²) in [4.78, 5) is 0. The molecule has 0 aliphatic carbocycles. The fourth-order valence-electron chi connectivity index (χ4n) is 1.56. The quantitative estimate of drug-likeness (QED) is 0.858. The first kappa shape index (κ1) is 13.4. The molecular weight excluding hydrogens is 246 g/mol. The summed E-state index contributed by atoms with van der Waals surface area (Å²) in [6.07, 6.45) is 0. The molecule has 19 heavy (non-hydrogen) atoms. The number of benzene rings is 1. The molecule has 0 fully saturated rings. The van der Waals surface area contributed by atoms with E-state index in [1.807, 2.05) is 13.8 Å². The van der Waals surface area contributed by atoms with Gasteiger partial charge in [0.05, 0.1) is 13.7 Å². The van der Waals surface area contributed by atoms with E-state index in [4.69, 9.17) is 9.15 Å². The number of hydrogen-bond acceptors (Lipinski definition) is 6. The van der Waals surface area contributed by atoms with E-state index in [-0.39, 0.29) is 5.75 Å². The van der Waals surface area contributed by atoms with Gasteiger partial charge in [0.1, 0.15) is 0 Å². The third kappa shape index (κ3) is 3.23. The SMILES string of the molecule is COc1ccc(-c2nnc(CNC(C)C)o2)cc1O. The van der Waals surface area contributed by atoms with Crippen LogP contribution in [0, 0.1) is 0 Å². The van der Waals surface area contributed by atoms with Crippen LogP contribution in [0.4, 0.5) is 0 Å². The van der Waals surface area contributed by atoms with E-state index in [1.54, 1.807) is 12.1 Å². The van der Waals surface area contributed by atoms with E-state index in [0.29, 0.717) is 35.7 Å². The van der Waals surface area contributed by atoms with E-state index in [0.717, 1.165) is 0 Å². The lowest BCUT2D eigenvalue weighted by Crippen LogP contribution is -2.21. The lowest BCUT2D eigenvalue weighted by Gasteiger charge is -2.04.